The molecule has 5 rings (SSSR count). The van der Waals surface area contributed by atoms with Gasteiger partial charge in [-0.05, 0) is 115 Å². The van der Waals surface area contributed by atoms with E-state index in [2.05, 4.69) is 113 Å². The van der Waals surface area contributed by atoms with Gasteiger partial charge < -0.3 is 9.13 Å². The molecule has 0 amide bonds. The Morgan fingerprint density at radius 3 is 1.30 bits per heavy atom. The Morgan fingerprint density at radius 1 is 0.514 bits per heavy atom. The maximum atomic E-state index is 2.52. The fraction of sp³-hybridized carbons (Fsp3) is 0.429. The van der Waals surface area contributed by atoms with Crippen molar-refractivity contribution in [3.63, 3.8) is 0 Å². The molecule has 0 saturated heterocycles. The van der Waals surface area contributed by atoms with Crippen molar-refractivity contribution in [3.05, 3.63) is 105 Å². The van der Waals surface area contributed by atoms with E-state index in [1.54, 1.807) is 0 Å². The maximum absolute atomic E-state index is 2.52. The first kappa shape index (κ1) is 25.6. The normalized spacial score (nSPS) is 15.7. The van der Waals surface area contributed by atoms with Gasteiger partial charge in [0, 0.05) is 39.6 Å². The smallest absolute Gasteiger partial charge is 0.0484 e. The molecule has 4 aromatic rings. The number of hydrogen-bond donors (Lipinski definition) is 0. The lowest BCUT2D eigenvalue weighted by Gasteiger charge is -2.34. The fourth-order valence-corrected chi connectivity index (χ4v) is 7.36. The highest BCUT2D eigenvalue weighted by Gasteiger charge is 2.40. The molecule has 37 heavy (non-hydrogen) atoms. The molecule has 0 aliphatic heterocycles. The molecule has 0 atom stereocenters. The van der Waals surface area contributed by atoms with Crippen molar-refractivity contribution in [2.75, 3.05) is 0 Å². The molecular weight excluding hydrogens is 448 g/mol. The van der Waals surface area contributed by atoms with Gasteiger partial charge in [0.15, 0.2) is 0 Å². The summed E-state index contributed by atoms with van der Waals surface area (Å²) in [6.45, 7) is 18.2. The first-order chi connectivity index (χ1) is 17.6. The molecule has 0 bridgehead atoms. The molecule has 0 unspecified atom stereocenters. The summed E-state index contributed by atoms with van der Waals surface area (Å²) < 4.78 is 5.03. The minimum Gasteiger partial charge on any atom is -0.318 e. The molecule has 0 N–H and O–H groups in total. The SMILES string of the molecule is Cc1ccc(-n2c(C)cc(C3(c4cc(C)n(-c5ccc(C)cc5C)c4C)CCCCCC3)c2C)c(C)c1. The first-order valence-electron chi connectivity index (χ1n) is 14.2. The van der Waals surface area contributed by atoms with E-state index in [1.807, 2.05) is 0 Å². The van der Waals surface area contributed by atoms with E-state index in [0.717, 1.165) is 0 Å². The van der Waals surface area contributed by atoms with Crippen molar-refractivity contribution in [2.24, 2.45) is 0 Å². The molecule has 2 heteroatoms. The second kappa shape index (κ2) is 9.71. The lowest BCUT2D eigenvalue weighted by Crippen LogP contribution is -2.28. The van der Waals surface area contributed by atoms with E-state index in [-0.39, 0.29) is 5.41 Å². The lowest BCUT2D eigenvalue weighted by atomic mass is 9.69. The highest BCUT2D eigenvalue weighted by Crippen LogP contribution is 2.48. The van der Waals surface area contributed by atoms with Gasteiger partial charge in [0.25, 0.3) is 0 Å². The van der Waals surface area contributed by atoms with Crippen LogP contribution in [0.15, 0.2) is 48.5 Å². The zero-order valence-electron chi connectivity index (χ0n) is 24.3. The summed E-state index contributed by atoms with van der Waals surface area (Å²) in [5.41, 5.74) is 16.6. The van der Waals surface area contributed by atoms with Crippen LogP contribution in [-0.4, -0.2) is 9.13 Å². The number of nitrogens with zero attached hydrogens (tertiary/aromatic N) is 2. The Labute approximate surface area is 224 Å². The molecule has 194 valence electrons. The van der Waals surface area contributed by atoms with Gasteiger partial charge in [-0.15, -0.1) is 0 Å². The molecule has 1 fully saturated rings. The van der Waals surface area contributed by atoms with Gasteiger partial charge in [-0.1, -0.05) is 61.1 Å². The average molecular weight is 493 g/mol. The van der Waals surface area contributed by atoms with Crippen LogP contribution in [-0.2, 0) is 5.41 Å². The number of aryl methyl sites for hydroxylation is 6. The van der Waals surface area contributed by atoms with Gasteiger partial charge in [0.2, 0.25) is 0 Å². The van der Waals surface area contributed by atoms with Crippen LogP contribution >= 0.6 is 0 Å². The summed E-state index contributed by atoms with van der Waals surface area (Å²) in [6.07, 6.45) is 7.71. The molecule has 0 spiro atoms. The highest BCUT2D eigenvalue weighted by atomic mass is 15.0. The van der Waals surface area contributed by atoms with Crippen molar-refractivity contribution < 1.29 is 0 Å². The Kier molecular flexibility index (Phi) is 6.73. The van der Waals surface area contributed by atoms with Gasteiger partial charge in [0.05, 0.1) is 0 Å². The van der Waals surface area contributed by atoms with Crippen molar-refractivity contribution in [1.29, 1.82) is 0 Å². The topological polar surface area (TPSA) is 9.86 Å². The third kappa shape index (κ3) is 4.29. The fourth-order valence-electron chi connectivity index (χ4n) is 7.36. The molecule has 0 radical (unpaired) electrons. The van der Waals surface area contributed by atoms with E-state index in [1.165, 1.54) is 106 Å². The Morgan fingerprint density at radius 2 is 0.919 bits per heavy atom. The van der Waals surface area contributed by atoms with E-state index in [9.17, 15) is 0 Å². The summed E-state index contributed by atoms with van der Waals surface area (Å²) in [5, 5.41) is 0. The minimum absolute atomic E-state index is 0.0495. The first-order valence-corrected chi connectivity index (χ1v) is 14.2. The summed E-state index contributed by atoms with van der Waals surface area (Å²) in [6, 6.07) is 18.8. The molecular formula is C35H44N2. The highest BCUT2D eigenvalue weighted by molar-refractivity contribution is 5.55. The summed E-state index contributed by atoms with van der Waals surface area (Å²) in [4.78, 5) is 0. The molecule has 2 aromatic heterocycles. The van der Waals surface area contributed by atoms with Crippen LogP contribution in [0.5, 0.6) is 0 Å². The largest absolute Gasteiger partial charge is 0.318 e. The number of aromatic nitrogens is 2. The standard InChI is InChI=1S/C35H44N2/c1-23-13-15-33(25(3)19-23)36-27(5)21-31(29(36)7)35(17-11-9-10-12-18-35)32-22-28(6)37(30(32)8)34-16-14-24(2)20-26(34)4/h13-16,19-22H,9-12,17-18H2,1-8H3. The molecule has 1 aliphatic rings. The summed E-state index contributed by atoms with van der Waals surface area (Å²) in [5.74, 6) is 0. The van der Waals surface area contributed by atoms with Gasteiger partial charge in [-0.25, -0.2) is 0 Å². The van der Waals surface area contributed by atoms with Crippen LogP contribution in [0, 0.1) is 55.4 Å². The average Bonchev–Trinajstić information content (AvgIpc) is 3.17. The molecule has 2 heterocycles. The maximum Gasteiger partial charge on any atom is 0.0484 e. The van der Waals surface area contributed by atoms with Gasteiger partial charge in [-0.3, -0.25) is 0 Å². The van der Waals surface area contributed by atoms with Crippen molar-refractivity contribution >= 4 is 0 Å². The van der Waals surface area contributed by atoms with Gasteiger partial charge in [0.1, 0.15) is 0 Å². The summed E-state index contributed by atoms with van der Waals surface area (Å²) >= 11 is 0. The predicted octanol–water partition coefficient (Wildman–Crippen LogP) is 9.38. The third-order valence-electron chi connectivity index (χ3n) is 9.04. The number of hydrogen-bond acceptors (Lipinski definition) is 0. The quantitative estimate of drug-likeness (QED) is 0.251. The predicted molar refractivity (Wildman–Crippen MR) is 158 cm³/mol. The zero-order valence-corrected chi connectivity index (χ0v) is 24.3. The Balaban J connectivity index is 1.73. The van der Waals surface area contributed by atoms with Crippen LogP contribution in [0.3, 0.4) is 0 Å². The van der Waals surface area contributed by atoms with Gasteiger partial charge >= 0.3 is 0 Å². The van der Waals surface area contributed by atoms with Crippen LogP contribution in [0.1, 0.15) is 94.7 Å². The summed E-state index contributed by atoms with van der Waals surface area (Å²) in [7, 11) is 0. The van der Waals surface area contributed by atoms with E-state index in [4.69, 9.17) is 0 Å². The monoisotopic (exact) mass is 492 g/mol. The molecule has 2 nitrogen and oxygen atoms in total. The van der Waals surface area contributed by atoms with E-state index in [0.29, 0.717) is 0 Å². The third-order valence-corrected chi connectivity index (χ3v) is 9.04. The van der Waals surface area contributed by atoms with Crippen molar-refractivity contribution in [1.82, 2.24) is 9.13 Å². The molecule has 1 saturated carbocycles. The van der Waals surface area contributed by atoms with Crippen LogP contribution in [0.25, 0.3) is 11.4 Å². The number of rotatable bonds is 4. The lowest BCUT2D eigenvalue weighted by molar-refractivity contribution is 0.441. The second-order valence-electron chi connectivity index (χ2n) is 11.8. The molecule has 1 aliphatic carbocycles. The van der Waals surface area contributed by atoms with Crippen molar-refractivity contribution in [2.45, 2.75) is 99.3 Å². The minimum atomic E-state index is 0.0495. The van der Waals surface area contributed by atoms with Crippen LogP contribution in [0.4, 0.5) is 0 Å². The molecule has 2 aromatic carbocycles. The van der Waals surface area contributed by atoms with Crippen molar-refractivity contribution in [3.8, 4) is 11.4 Å². The Bertz CT molecular complexity index is 1350. The van der Waals surface area contributed by atoms with Crippen LogP contribution in [0.2, 0.25) is 0 Å². The van der Waals surface area contributed by atoms with Crippen LogP contribution < -0.4 is 0 Å². The van der Waals surface area contributed by atoms with E-state index < -0.39 is 0 Å². The van der Waals surface area contributed by atoms with E-state index >= 15 is 0 Å². The number of benzene rings is 2. The second-order valence-corrected chi connectivity index (χ2v) is 11.8. The zero-order chi connectivity index (χ0) is 26.5. The van der Waals surface area contributed by atoms with Gasteiger partial charge in [-0.2, -0.15) is 0 Å². The Hall–Kier alpha value is -3.00.